The first kappa shape index (κ1) is 19.4. The summed E-state index contributed by atoms with van der Waals surface area (Å²) < 4.78 is 7.57. The molecule has 0 spiro atoms. The summed E-state index contributed by atoms with van der Waals surface area (Å²) in [6.45, 7) is 6.14. The van der Waals surface area contributed by atoms with Crippen molar-refractivity contribution in [3.05, 3.63) is 83.8 Å². The van der Waals surface area contributed by atoms with E-state index in [-0.39, 0.29) is 11.2 Å². The fourth-order valence-corrected chi connectivity index (χ4v) is 3.88. The van der Waals surface area contributed by atoms with Gasteiger partial charge in [-0.3, -0.25) is 4.57 Å². The van der Waals surface area contributed by atoms with Gasteiger partial charge in [-0.25, -0.2) is 0 Å². The molecular formula is C22H23N5OS. The van der Waals surface area contributed by atoms with E-state index in [9.17, 15) is 0 Å². The van der Waals surface area contributed by atoms with Crippen LogP contribution in [0.2, 0.25) is 0 Å². The molecule has 0 saturated heterocycles. The van der Waals surface area contributed by atoms with Gasteiger partial charge in [0.15, 0.2) is 11.0 Å². The summed E-state index contributed by atoms with van der Waals surface area (Å²) in [5.74, 6) is 2.45. The average molecular weight is 406 g/mol. The molecule has 1 atom stereocenters. The molecule has 2 heterocycles. The minimum absolute atomic E-state index is 0.0359. The maximum atomic E-state index is 5.47. The van der Waals surface area contributed by atoms with E-state index in [1.807, 2.05) is 57.2 Å². The first-order valence-electron chi connectivity index (χ1n) is 9.65. The van der Waals surface area contributed by atoms with E-state index in [0.29, 0.717) is 12.3 Å². The number of para-hydroxylation sites is 1. The Morgan fingerprint density at radius 2 is 1.62 bits per heavy atom. The molecule has 0 aliphatic heterocycles. The smallest absolute Gasteiger partial charge is 0.239 e. The molecule has 0 N–H and O–H groups in total. The highest BCUT2D eigenvalue weighted by atomic mass is 32.2. The van der Waals surface area contributed by atoms with Gasteiger partial charge in [0.05, 0.1) is 5.25 Å². The van der Waals surface area contributed by atoms with Crippen LogP contribution in [-0.2, 0) is 6.42 Å². The highest BCUT2D eigenvalue weighted by Gasteiger charge is 2.22. The van der Waals surface area contributed by atoms with Gasteiger partial charge in [0.2, 0.25) is 5.89 Å². The predicted octanol–water partition coefficient (Wildman–Crippen LogP) is 5.22. The lowest BCUT2D eigenvalue weighted by molar-refractivity contribution is 0.373. The highest BCUT2D eigenvalue weighted by molar-refractivity contribution is 7.99. The lowest BCUT2D eigenvalue weighted by atomic mass is 10.1. The second-order valence-electron chi connectivity index (χ2n) is 7.14. The van der Waals surface area contributed by atoms with E-state index < -0.39 is 0 Å². The second-order valence-corrected chi connectivity index (χ2v) is 8.45. The standard InChI is InChI=1S/C22H23N5OS/c1-15(2)20-23-21(28-26-20)16(3)29-22-25-24-19(14-17-10-6-4-7-11-17)27(22)18-12-8-5-9-13-18/h4-13,15-16H,14H2,1-3H3. The van der Waals surface area contributed by atoms with Gasteiger partial charge in [-0.2, -0.15) is 4.98 Å². The Labute approximate surface area is 174 Å². The molecule has 0 fully saturated rings. The Kier molecular flexibility index (Phi) is 5.76. The summed E-state index contributed by atoms with van der Waals surface area (Å²) in [6, 6.07) is 20.5. The molecule has 0 amide bonds. The lowest BCUT2D eigenvalue weighted by Gasteiger charge is -2.12. The number of hydrogen-bond acceptors (Lipinski definition) is 6. The van der Waals surface area contributed by atoms with Crippen molar-refractivity contribution in [2.75, 3.05) is 0 Å². The Balaban J connectivity index is 1.65. The maximum Gasteiger partial charge on any atom is 0.239 e. The van der Waals surface area contributed by atoms with Gasteiger partial charge in [-0.1, -0.05) is 79.3 Å². The molecule has 6 nitrogen and oxygen atoms in total. The predicted molar refractivity (Wildman–Crippen MR) is 113 cm³/mol. The van der Waals surface area contributed by atoms with Crippen LogP contribution in [0.4, 0.5) is 0 Å². The zero-order valence-electron chi connectivity index (χ0n) is 16.7. The molecule has 0 aliphatic carbocycles. The molecule has 0 bridgehead atoms. The van der Waals surface area contributed by atoms with Crippen LogP contribution in [-0.4, -0.2) is 24.9 Å². The van der Waals surface area contributed by atoms with Crippen molar-refractivity contribution in [2.45, 2.75) is 43.5 Å². The molecule has 4 rings (SSSR count). The highest BCUT2D eigenvalue weighted by Crippen LogP contribution is 2.35. The summed E-state index contributed by atoms with van der Waals surface area (Å²) in [7, 11) is 0. The van der Waals surface area contributed by atoms with Crippen LogP contribution in [0.15, 0.2) is 70.3 Å². The van der Waals surface area contributed by atoms with Crippen molar-refractivity contribution in [1.82, 2.24) is 24.9 Å². The zero-order chi connectivity index (χ0) is 20.2. The minimum Gasteiger partial charge on any atom is -0.338 e. The number of rotatable bonds is 7. The number of thioether (sulfide) groups is 1. The molecule has 29 heavy (non-hydrogen) atoms. The third-order valence-electron chi connectivity index (χ3n) is 4.52. The maximum absolute atomic E-state index is 5.47. The topological polar surface area (TPSA) is 69.6 Å². The normalized spacial score (nSPS) is 12.4. The molecule has 7 heteroatoms. The largest absolute Gasteiger partial charge is 0.338 e. The van der Waals surface area contributed by atoms with Crippen molar-refractivity contribution >= 4 is 11.8 Å². The van der Waals surface area contributed by atoms with Crippen molar-refractivity contribution in [3.63, 3.8) is 0 Å². The summed E-state index contributed by atoms with van der Waals surface area (Å²) in [4.78, 5) is 4.53. The van der Waals surface area contributed by atoms with Crippen LogP contribution in [0.1, 0.15) is 55.0 Å². The molecule has 1 unspecified atom stereocenters. The van der Waals surface area contributed by atoms with Gasteiger partial charge in [0.1, 0.15) is 5.82 Å². The molecule has 2 aromatic heterocycles. The van der Waals surface area contributed by atoms with Crippen LogP contribution in [0, 0.1) is 0 Å². The van der Waals surface area contributed by atoms with Crippen molar-refractivity contribution < 1.29 is 4.52 Å². The van der Waals surface area contributed by atoms with E-state index >= 15 is 0 Å². The average Bonchev–Trinajstić information content (AvgIpc) is 3.37. The fourth-order valence-electron chi connectivity index (χ4n) is 2.96. The second kappa shape index (κ2) is 8.61. The van der Waals surface area contributed by atoms with Gasteiger partial charge >= 0.3 is 0 Å². The molecular weight excluding hydrogens is 382 g/mol. The van der Waals surface area contributed by atoms with Crippen LogP contribution in [0.25, 0.3) is 5.69 Å². The van der Waals surface area contributed by atoms with Gasteiger partial charge < -0.3 is 4.52 Å². The molecule has 148 valence electrons. The number of nitrogens with zero attached hydrogens (tertiary/aromatic N) is 5. The minimum atomic E-state index is -0.0359. The van der Waals surface area contributed by atoms with E-state index in [1.165, 1.54) is 5.56 Å². The quantitative estimate of drug-likeness (QED) is 0.393. The molecule has 0 radical (unpaired) electrons. The Bertz CT molecular complexity index is 1060. The van der Waals surface area contributed by atoms with Crippen molar-refractivity contribution in [1.29, 1.82) is 0 Å². The van der Waals surface area contributed by atoms with Crippen molar-refractivity contribution in [2.24, 2.45) is 0 Å². The number of aromatic nitrogens is 5. The Morgan fingerprint density at radius 3 is 2.28 bits per heavy atom. The number of benzene rings is 2. The fraction of sp³-hybridized carbons (Fsp3) is 0.273. The van der Waals surface area contributed by atoms with Gasteiger partial charge in [0, 0.05) is 18.0 Å². The molecule has 4 aromatic rings. The van der Waals surface area contributed by atoms with Gasteiger partial charge in [0.25, 0.3) is 0 Å². The Hall–Kier alpha value is -2.93. The van der Waals surface area contributed by atoms with Gasteiger partial charge in [-0.15, -0.1) is 10.2 Å². The summed E-state index contributed by atoms with van der Waals surface area (Å²) >= 11 is 1.57. The van der Waals surface area contributed by atoms with Crippen LogP contribution in [0.3, 0.4) is 0 Å². The number of hydrogen-bond donors (Lipinski definition) is 0. The van der Waals surface area contributed by atoms with Crippen LogP contribution in [0.5, 0.6) is 0 Å². The third-order valence-corrected chi connectivity index (χ3v) is 5.55. The van der Waals surface area contributed by atoms with E-state index in [4.69, 9.17) is 4.52 Å². The monoisotopic (exact) mass is 405 g/mol. The third kappa shape index (κ3) is 4.40. The zero-order valence-corrected chi connectivity index (χ0v) is 17.5. The molecule has 2 aromatic carbocycles. The van der Waals surface area contributed by atoms with Gasteiger partial charge in [-0.05, 0) is 24.6 Å². The molecule has 0 aliphatic rings. The summed E-state index contributed by atoms with van der Waals surface area (Å²) in [5, 5.41) is 13.8. The van der Waals surface area contributed by atoms with E-state index in [2.05, 4.69) is 49.2 Å². The van der Waals surface area contributed by atoms with Crippen LogP contribution >= 0.6 is 11.8 Å². The summed E-state index contributed by atoms with van der Waals surface area (Å²) in [6.07, 6.45) is 0.704. The van der Waals surface area contributed by atoms with E-state index in [1.54, 1.807) is 11.8 Å². The SMILES string of the molecule is CC(C)c1noc(C(C)Sc2nnc(Cc3ccccc3)n2-c2ccccc2)n1. The summed E-state index contributed by atoms with van der Waals surface area (Å²) in [5.41, 5.74) is 2.23. The lowest BCUT2D eigenvalue weighted by Crippen LogP contribution is -2.04. The molecule has 0 saturated carbocycles. The Morgan fingerprint density at radius 1 is 0.931 bits per heavy atom. The van der Waals surface area contributed by atoms with E-state index in [0.717, 1.165) is 22.5 Å². The van der Waals surface area contributed by atoms with Crippen LogP contribution < -0.4 is 0 Å². The van der Waals surface area contributed by atoms with Crippen molar-refractivity contribution in [3.8, 4) is 5.69 Å². The first-order valence-corrected chi connectivity index (χ1v) is 10.5. The first-order chi connectivity index (χ1) is 14.1.